The fraction of sp³-hybridized carbons (Fsp3) is 0.0588. The van der Waals surface area contributed by atoms with Crippen molar-refractivity contribution in [3.05, 3.63) is 53.6 Å². The number of carbonyl (C=O) groups is 3. The van der Waals surface area contributed by atoms with Gasteiger partial charge in [-0.3, -0.25) is 9.59 Å². The van der Waals surface area contributed by atoms with Crippen LogP contribution in [-0.4, -0.2) is 29.9 Å². The van der Waals surface area contributed by atoms with Crippen molar-refractivity contribution in [1.82, 2.24) is 10.3 Å². The molecule has 4 amide bonds. The summed E-state index contributed by atoms with van der Waals surface area (Å²) in [4.78, 5) is 42.0. The lowest BCUT2D eigenvalue weighted by molar-refractivity contribution is 0.0926. The largest absolute Gasteiger partial charge is 0.341 e. The number of carbonyl (C=O) groups excluding carboxylic acids is 3. The van der Waals surface area contributed by atoms with E-state index in [0.717, 1.165) is 9.60 Å². The van der Waals surface area contributed by atoms with Gasteiger partial charge in [-0.15, -0.1) is 0 Å². The summed E-state index contributed by atoms with van der Waals surface area (Å²) in [6.07, 6.45) is 0. The Morgan fingerprint density at radius 1 is 1.08 bits per heavy atom. The normalized spacial score (nSPS) is 13.2. The topological polar surface area (TPSA) is 91.4 Å². The van der Waals surface area contributed by atoms with E-state index in [9.17, 15) is 14.4 Å². The molecule has 0 saturated carbocycles. The van der Waals surface area contributed by atoms with Gasteiger partial charge in [0.1, 0.15) is 0 Å². The van der Waals surface area contributed by atoms with Crippen LogP contribution in [0.2, 0.25) is 0 Å². The molecule has 0 radical (unpaired) electrons. The van der Waals surface area contributed by atoms with Gasteiger partial charge in [0.2, 0.25) is 5.13 Å². The number of aromatic nitrogens is 1. The van der Waals surface area contributed by atoms with Gasteiger partial charge in [-0.25, -0.2) is 14.7 Å². The average molecular weight is 352 g/mol. The van der Waals surface area contributed by atoms with Crippen LogP contribution in [0.5, 0.6) is 0 Å². The molecular weight excluding hydrogens is 340 g/mol. The molecule has 0 bridgehead atoms. The van der Waals surface area contributed by atoms with Gasteiger partial charge in [-0.1, -0.05) is 23.5 Å². The first-order valence-corrected chi connectivity index (χ1v) is 8.27. The standard InChI is InChI=1S/C17H12N4O3S/c1-18-16(24)19-9-6-7-12-13(8-9)25-17(20-12)21-14(22)10-4-2-3-5-11(10)15(21)23/h2-8H,1H3,(H2,18,19,24). The number of nitrogens with one attached hydrogen (secondary N) is 2. The van der Waals surface area contributed by atoms with Gasteiger partial charge in [-0.2, -0.15) is 0 Å². The molecule has 3 aromatic rings. The predicted octanol–water partition coefficient (Wildman–Crippen LogP) is 2.85. The summed E-state index contributed by atoms with van der Waals surface area (Å²) >= 11 is 1.22. The Kier molecular flexibility index (Phi) is 3.47. The Labute approximate surface area is 146 Å². The van der Waals surface area contributed by atoms with Crippen LogP contribution in [0.4, 0.5) is 15.6 Å². The minimum atomic E-state index is -0.372. The Bertz CT molecular complexity index is 1010. The van der Waals surface area contributed by atoms with Gasteiger partial charge in [0.25, 0.3) is 11.8 Å². The van der Waals surface area contributed by atoms with Crippen molar-refractivity contribution in [2.45, 2.75) is 0 Å². The van der Waals surface area contributed by atoms with Crippen LogP contribution in [-0.2, 0) is 0 Å². The molecule has 124 valence electrons. The highest BCUT2D eigenvalue weighted by atomic mass is 32.1. The van der Waals surface area contributed by atoms with Crippen LogP contribution in [0.3, 0.4) is 0 Å². The van der Waals surface area contributed by atoms with Crippen molar-refractivity contribution in [2.75, 3.05) is 17.3 Å². The third-order valence-electron chi connectivity index (χ3n) is 3.85. The van der Waals surface area contributed by atoms with E-state index in [-0.39, 0.29) is 17.8 Å². The highest BCUT2D eigenvalue weighted by Gasteiger charge is 2.38. The van der Waals surface area contributed by atoms with E-state index < -0.39 is 0 Å². The number of fused-ring (bicyclic) bond motifs is 2. The Morgan fingerprint density at radius 3 is 2.40 bits per heavy atom. The second kappa shape index (κ2) is 5.67. The van der Waals surface area contributed by atoms with Crippen LogP contribution in [0.25, 0.3) is 10.2 Å². The monoisotopic (exact) mass is 352 g/mol. The minimum Gasteiger partial charge on any atom is -0.341 e. The first-order valence-electron chi connectivity index (χ1n) is 7.45. The quantitative estimate of drug-likeness (QED) is 0.694. The molecule has 7 nitrogen and oxygen atoms in total. The number of amides is 4. The van der Waals surface area contributed by atoms with E-state index in [4.69, 9.17) is 0 Å². The molecule has 0 spiro atoms. The second-order valence-electron chi connectivity index (χ2n) is 5.37. The van der Waals surface area contributed by atoms with Crippen molar-refractivity contribution in [3.8, 4) is 0 Å². The molecule has 1 aliphatic rings. The van der Waals surface area contributed by atoms with Gasteiger partial charge in [0, 0.05) is 12.7 Å². The number of rotatable bonds is 2. The van der Waals surface area contributed by atoms with E-state index in [1.165, 1.54) is 18.4 Å². The summed E-state index contributed by atoms with van der Waals surface area (Å²) in [5.74, 6) is -0.744. The molecule has 1 aliphatic heterocycles. The fourth-order valence-electron chi connectivity index (χ4n) is 2.64. The van der Waals surface area contributed by atoms with Crippen molar-refractivity contribution in [2.24, 2.45) is 0 Å². The number of hydrogen-bond donors (Lipinski definition) is 2. The van der Waals surface area contributed by atoms with Crippen LogP contribution >= 0.6 is 11.3 Å². The van der Waals surface area contributed by atoms with E-state index in [1.807, 2.05) is 0 Å². The van der Waals surface area contributed by atoms with E-state index >= 15 is 0 Å². The molecule has 0 unspecified atom stereocenters. The van der Waals surface area contributed by atoms with Gasteiger partial charge in [0.05, 0.1) is 21.3 Å². The van der Waals surface area contributed by atoms with Crippen LogP contribution in [0.1, 0.15) is 20.7 Å². The molecule has 4 rings (SSSR count). The van der Waals surface area contributed by atoms with Gasteiger partial charge >= 0.3 is 6.03 Å². The maximum absolute atomic E-state index is 12.5. The maximum Gasteiger partial charge on any atom is 0.318 e. The molecule has 2 heterocycles. The van der Waals surface area contributed by atoms with E-state index in [0.29, 0.717) is 27.5 Å². The third kappa shape index (κ3) is 2.43. The molecule has 0 fully saturated rings. The van der Waals surface area contributed by atoms with Gasteiger partial charge < -0.3 is 10.6 Å². The number of benzene rings is 2. The fourth-order valence-corrected chi connectivity index (χ4v) is 3.64. The third-order valence-corrected chi connectivity index (χ3v) is 4.85. The average Bonchev–Trinajstić information content (AvgIpc) is 3.14. The lowest BCUT2D eigenvalue weighted by Crippen LogP contribution is -2.29. The van der Waals surface area contributed by atoms with Crippen molar-refractivity contribution < 1.29 is 14.4 Å². The molecule has 25 heavy (non-hydrogen) atoms. The summed E-state index contributed by atoms with van der Waals surface area (Å²) in [5, 5.41) is 5.47. The number of thiazole rings is 1. The van der Waals surface area contributed by atoms with Crippen LogP contribution in [0.15, 0.2) is 42.5 Å². The zero-order valence-electron chi connectivity index (χ0n) is 13.1. The first kappa shape index (κ1) is 15.3. The van der Waals surface area contributed by atoms with E-state index in [2.05, 4.69) is 15.6 Å². The van der Waals surface area contributed by atoms with E-state index in [1.54, 1.807) is 42.5 Å². The Morgan fingerprint density at radius 2 is 1.76 bits per heavy atom. The number of nitrogens with zero attached hydrogens (tertiary/aromatic N) is 2. The molecule has 1 aromatic heterocycles. The SMILES string of the molecule is CNC(=O)Nc1ccc2nc(N3C(=O)c4ccccc4C3=O)sc2c1. The lowest BCUT2D eigenvalue weighted by atomic mass is 10.1. The molecule has 2 N–H and O–H groups in total. The smallest absolute Gasteiger partial charge is 0.318 e. The zero-order valence-corrected chi connectivity index (χ0v) is 13.9. The predicted molar refractivity (Wildman–Crippen MR) is 95.3 cm³/mol. The summed E-state index contributed by atoms with van der Waals surface area (Å²) < 4.78 is 0.764. The lowest BCUT2D eigenvalue weighted by Gasteiger charge is -2.08. The molecule has 8 heteroatoms. The van der Waals surface area contributed by atoms with Crippen LogP contribution < -0.4 is 15.5 Å². The highest BCUT2D eigenvalue weighted by Crippen LogP contribution is 2.35. The first-order chi connectivity index (χ1) is 12.1. The van der Waals surface area contributed by atoms with Gasteiger partial charge in [0.15, 0.2) is 0 Å². The molecule has 0 aliphatic carbocycles. The summed E-state index contributed by atoms with van der Waals surface area (Å²) in [6.45, 7) is 0. The van der Waals surface area contributed by atoms with Gasteiger partial charge in [-0.05, 0) is 30.3 Å². The summed E-state index contributed by atoms with van der Waals surface area (Å²) in [5.41, 5.74) is 2.02. The Balaban J connectivity index is 1.72. The van der Waals surface area contributed by atoms with Crippen molar-refractivity contribution in [3.63, 3.8) is 0 Å². The summed E-state index contributed by atoms with van der Waals surface area (Å²) in [7, 11) is 1.53. The minimum absolute atomic E-state index is 0.318. The number of urea groups is 1. The van der Waals surface area contributed by atoms with Crippen molar-refractivity contribution >= 4 is 50.2 Å². The molecular formula is C17H12N4O3S. The van der Waals surface area contributed by atoms with Crippen LogP contribution in [0, 0.1) is 0 Å². The molecule has 0 atom stereocenters. The highest BCUT2D eigenvalue weighted by molar-refractivity contribution is 7.22. The molecule has 0 saturated heterocycles. The number of hydrogen-bond acceptors (Lipinski definition) is 5. The molecule has 2 aromatic carbocycles. The van der Waals surface area contributed by atoms with Crippen molar-refractivity contribution in [1.29, 1.82) is 0 Å². The maximum atomic E-state index is 12.5. The zero-order chi connectivity index (χ0) is 17.6. The number of imide groups is 1. The summed E-state index contributed by atoms with van der Waals surface area (Å²) in [6, 6.07) is 11.6. The second-order valence-corrected chi connectivity index (χ2v) is 6.38. The Hall–Kier alpha value is -3.26. The number of anilines is 2.